The molecule has 2 atom stereocenters. The Morgan fingerprint density at radius 1 is 1.43 bits per heavy atom. The first kappa shape index (κ1) is 14.6. The van der Waals surface area contributed by atoms with Gasteiger partial charge < -0.3 is 5.32 Å². The van der Waals surface area contributed by atoms with Gasteiger partial charge in [0.25, 0.3) is 0 Å². The SMILES string of the molecule is CC(Cc1ccccc1Cl)NC1CCCc2c1cnn2C. The van der Waals surface area contributed by atoms with Crippen LogP contribution < -0.4 is 5.32 Å². The number of aromatic nitrogens is 2. The third-order valence-corrected chi connectivity index (χ3v) is 4.71. The number of benzene rings is 1. The van der Waals surface area contributed by atoms with Gasteiger partial charge in [0.1, 0.15) is 0 Å². The topological polar surface area (TPSA) is 29.9 Å². The fourth-order valence-corrected chi connectivity index (χ4v) is 3.49. The molecule has 0 fully saturated rings. The predicted molar refractivity (Wildman–Crippen MR) is 86.6 cm³/mol. The molecular formula is C17H22ClN3. The van der Waals surface area contributed by atoms with E-state index < -0.39 is 0 Å². The molecule has 4 heteroatoms. The maximum absolute atomic E-state index is 6.25. The molecule has 2 aromatic rings. The van der Waals surface area contributed by atoms with Crippen molar-refractivity contribution in [2.45, 2.75) is 44.7 Å². The number of fused-ring (bicyclic) bond motifs is 1. The Labute approximate surface area is 131 Å². The van der Waals surface area contributed by atoms with Crippen molar-refractivity contribution in [3.05, 3.63) is 52.3 Å². The van der Waals surface area contributed by atoms with Crippen molar-refractivity contribution in [2.75, 3.05) is 0 Å². The first-order valence-electron chi connectivity index (χ1n) is 7.65. The van der Waals surface area contributed by atoms with Gasteiger partial charge in [-0.05, 0) is 44.2 Å². The highest BCUT2D eigenvalue weighted by Crippen LogP contribution is 2.30. The van der Waals surface area contributed by atoms with Gasteiger partial charge in [-0.15, -0.1) is 0 Å². The van der Waals surface area contributed by atoms with Crippen LogP contribution in [0.15, 0.2) is 30.5 Å². The molecule has 0 amide bonds. The van der Waals surface area contributed by atoms with Crippen LogP contribution in [0, 0.1) is 0 Å². The van der Waals surface area contributed by atoms with E-state index in [0.29, 0.717) is 12.1 Å². The molecule has 1 aromatic carbocycles. The van der Waals surface area contributed by atoms with Crippen molar-refractivity contribution in [1.82, 2.24) is 15.1 Å². The molecule has 0 radical (unpaired) electrons. The summed E-state index contributed by atoms with van der Waals surface area (Å²) in [5.74, 6) is 0. The van der Waals surface area contributed by atoms with Crippen molar-refractivity contribution in [3.8, 4) is 0 Å². The normalized spacial score (nSPS) is 19.3. The van der Waals surface area contributed by atoms with Crippen LogP contribution in [-0.4, -0.2) is 15.8 Å². The Bertz CT molecular complexity index is 620. The minimum atomic E-state index is 0.390. The molecular weight excluding hydrogens is 282 g/mol. The number of hydrogen-bond acceptors (Lipinski definition) is 2. The van der Waals surface area contributed by atoms with E-state index in [-0.39, 0.29) is 0 Å². The minimum absolute atomic E-state index is 0.390. The monoisotopic (exact) mass is 303 g/mol. The zero-order valence-electron chi connectivity index (χ0n) is 12.6. The number of hydrogen-bond donors (Lipinski definition) is 1. The van der Waals surface area contributed by atoms with Gasteiger partial charge in [0, 0.05) is 35.4 Å². The lowest BCUT2D eigenvalue weighted by molar-refractivity contribution is 0.403. The first-order valence-corrected chi connectivity index (χ1v) is 8.03. The highest BCUT2D eigenvalue weighted by molar-refractivity contribution is 6.31. The van der Waals surface area contributed by atoms with E-state index in [1.54, 1.807) is 0 Å². The van der Waals surface area contributed by atoms with Gasteiger partial charge in [-0.25, -0.2) is 0 Å². The van der Waals surface area contributed by atoms with E-state index in [1.807, 2.05) is 36.1 Å². The van der Waals surface area contributed by atoms with E-state index in [0.717, 1.165) is 17.9 Å². The summed E-state index contributed by atoms with van der Waals surface area (Å²) in [5, 5.41) is 9.02. The molecule has 0 saturated carbocycles. The lowest BCUT2D eigenvalue weighted by atomic mass is 9.92. The van der Waals surface area contributed by atoms with Gasteiger partial charge >= 0.3 is 0 Å². The van der Waals surface area contributed by atoms with Gasteiger partial charge in [-0.2, -0.15) is 5.10 Å². The van der Waals surface area contributed by atoms with Crippen LogP contribution in [0.5, 0.6) is 0 Å². The summed E-state index contributed by atoms with van der Waals surface area (Å²) in [5.41, 5.74) is 3.96. The molecule has 3 nitrogen and oxygen atoms in total. The smallest absolute Gasteiger partial charge is 0.0540 e. The quantitative estimate of drug-likeness (QED) is 0.934. The highest BCUT2D eigenvalue weighted by atomic mass is 35.5. The summed E-state index contributed by atoms with van der Waals surface area (Å²) in [6.45, 7) is 2.23. The summed E-state index contributed by atoms with van der Waals surface area (Å²) < 4.78 is 2.02. The zero-order chi connectivity index (χ0) is 14.8. The minimum Gasteiger partial charge on any atom is -0.307 e. The average molecular weight is 304 g/mol. The van der Waals surface area contributed by atoms with Crippen molar-refractivity contribution >= 4 is 11.6 Å². The summed E-state index contributed by atoms with van der Waals surface area (Å²) in [4.78, 5) is 0. The average Bonchev–Trinajstić information content (AvgIpc) is 2.84. The standard InChI is InChI=1S/C17H22ClN3/c1-12(10-13-6-3-4-7-15(13)18)20-16-8-5-9-17-14(16)11-19-21(17)2/h3-4,6-7,11-12,16,20H,5,8-10H2,1-2H3. The summed E-state index contributed by atoms with van der Waals surface area (Å²) >= 11 is 6.25. The van der Waals surface area contributed by atoms with E-state index in [1.165, 1.54) is 29.7 Å². The van der Waals surface area contributed by atoms with E-state index in [2.05, 4.69) is 23.4 Å². The Hall–Kier alpha value is -1.32. The van der Waals surface area contributed by atoms with Crippen LogP contribution in [0.3, 0.4) is 0 Å². The maximum Gasteiger partial charge on any atom is 0.0540 e. The Kier molecular flexibility index (Phi) is 4.32. The van der Waals surface area contributed by atoms with Crippen LogP contribution >= 0.6 is 11.6 Å². The van der Waals surface area contributed by atoms with Crippen molar-refractivity contribution in [1.29, 1.82) is 0 Å². The van der Waals surface area contributed by atoms with Crippen molar-refractivity contribution in [3.63, 3.8) is 0 Å². The Morgan fingerprint density at radius 2 is 2.24 bits per heavy atom. The lowest BCUT2D eigenvalue weighted by Gasteiger charge is -2.27. The highest BCUT2D eigenvalue weighted by Gasteiger charge is 2.24. The fraction of sp³-hybridized carbons (Fsp3) is 0.471. The molecule has 0 saturated heterocycles. The van der Waals surface area contributed by atoms with E-state index >= 15 is 0 Å². The summed E-state index contributed by atoms with van der Waals surface area (Å²) in [6.07, 6.45) is 6.53. The molecule has 112 valence electrons. The van der Waals surface area contributed by atoms with Gasteiger partial charge in [-0.3, -0.25) is 4.68 Å². The second kappa shape index (κ2) is 6.20. The number of aryl methyl sites for hydroxylation is 1. The van der Waals surface area contributed by atoms with Crippen LogP contribution in [0.25, 0.3) is 0 Å². The second-order valence-electron chi connectivity index (χ2n) is 5.98. The molecule has 1 N–H and O–H groups in total. The third-order valence-electron chi connectivity index (χ3n) is 4.35. The molecule has 0 spiro atoms. The molecule has 3 rings (SSSR count). The summed E-state index contributed by atoms with van der Waals surface area (Å²) in [6, 6.07) is 8.90. The molecule has 0 aliphatic heterocycles. The summed E-state index contributed by atoms with van der Waals surface area (Å²) in [7, 11) is 2.04. The molecule has 1 aliphatic rings. The zero-order valence-corrected chi connectivity index (χ0v) is 13.4. The second-order valence-corrected chi connectivity index (χ2v) is 6.39. The van der Waals surface area contributed by atoms with Gasteiger partial charge in [0.2, 0.25) is 0 Å². The van der Waals surface area contributed by atoms with Crippen molar-refractivity contribution < 1.29 is 0 Å². The third kappa shape index (κ3) is 3.14. The van der Waals surface area contributed by atoms with Gasteiger partial charge in [0.05, 0.1) is 6.20 Å². The molecule has 21 heavy (non-hydrogen) atoms. The van der Waals surface area contributed by atoms with Crippen LogP contribution in [-0.2, 0) is 19.9 Å². The largest absolute Gasteiger partial charge is 0.307 e. The number of halogens is 1. The molecule has 1 heterocycles. The fourth-order valence-electron chi connectivity index (χ4n) is 3.28. The Balaban J connectivity index is 1.68. The molecule has 1 aromatic heterocycles. The molecule has 1 aliphatic carbocycles. The number of rotatable bonds is 4. The first-order chi connectivity index (χ1) is 10.1. The van der Waals surface area contributed by atoms with E-state index in [4.69, 9.17) is 11.6 Å². The van der Waals surface area contributed by atoms with Gasteiger partial charge in [0.15, 0.2) is 0 Å². The van der Waals surface area contributed by atoms with E-state index in [9.17, 15) is 0 Å². The van der Waals surface area contributed by atoms with Crippen LogP contribution in [0.4, 0.5) is 0 Å². The Morgan fingerprint density at radius 3 is 3.05 bits per heavy atom. The lowest BCUT2D eigenvalue weighted by Crippen LogP contribution is -2.34. The molecule has 0 bridgehead atoms. The van der Waals surface area contributed by atoms with Crippen molar-refractivity contribution in [2.24, 2.45) is 7.05 Å². The van der Waals surface area contributed by atoms with Crippen LogP contribution in [0.1, 0.15) is 42.6 Å². The number of nitrogens with one attached hydrogen (secondary N) is 1. The molecule has 2 unspecified atom stereocenters. The van der Waals surface area contributed by atoms with Crippen LogP contribution in [0.2, 0.25) is 5.02 Å². The van der Waals surface area contributed by atoms with Gasteiger partial charge in [-0.1, -0.05) is 29.8 Å². The number of nitrogens with zero attached hydrogens (tertiary/aromatic N) is 2. The maximum atomic E-state index is 6.25. The predicted octanol–water partition coefficient (Wildman–Crippen LogP) is 3.67.